The average molecular weight is 444 g/mol. The van der Waals surface area contributed by atoms with Crippen LogP contribution in [-0.4, -0.2) is 40.5 Å². The Bertz CT molecular complexity index is 1320. The first-order chi connectivity index (χ1) is 15.8. The first-order valence-corrected chi connectivity index (χ1v) is 10.3. The van der Waals surface area contributed by atoms with E-state index < -0.39 is 11.9 Å². The normalized spacial score (nSPS) is 10.8. The Balaban J connectivity index is 1.84. The molecule has 0 atom stereocenters. The van der Waals surface area contributed by atoms with Crippen molar-refractivity contribution in [3.8, 4) is 22.6 Å². The lowest BCUT2D eigenvalue weighted by Crippen LogP contribution is -2.09. The van der Waals surface area contributed by atoms with Crippen LogP contribution in [0.15, 0.2) is 60.7 Å². The highest BCUT2D eigenvalue weighted by molar-refractivity contribution is 5.96. The van der Waals surface area contributed by atoms with Crippen LogP contribution in [0.25, 0.3) is 22.6 Å². The standard InChI is InChI=1S/C25H24N4O4/c1-15-10-21(22-14-23(26)29(27-22)19-8-6-5-7-9-19)16(2)28(15)20-12-17(24(30)32-3)11-18(13-20)25(31)33-4/h5-14H,26H2,1-4H3. The second kappa shape index (κ2) is 8.66. The van der Waals surface area contributed by atoms with E-state index in [1.54, 1.807) is 16.8 Å². The number of carbonyl (C=O) groups excluding carboxylic acids is 2. The monoisotopic (exact) mass is 444 g/mol. The van der Waals surface area contributed by atoms with Crippen molar-refractivity contribution >= 4 is 17.8 Å². The SMILES string of the molecule is COC(=O)c1cc(C(=O)OC)cc(-n2c(C)cc(-c3cc(N)n(-c4ccccc4)n3)c2C)c1. The van der Waals surface area contributed by atoms with Gasteiger partial charge in [0.15, 0.2) is 0 Å². The summed E-state index contributed by atoms with van der Waals surface area (Å²) in [6.45, 7) is 3.89. The van der Waals surface area contributed by atoms with Gasteiger partial charge in [-0.15, -0.1) is 0 Å². The number of carbonyl (C=O) groups is 2. The van der Waals surface area contributed by atoms with Gasteiger partial charge in [0.25, 0.3) is 0 Å². The van der Waals surface area contributed by atoms with Crippen LogP contribution in [0.1, 0.15) is 32.1 Å². The fraction of sp³-hybridized carbons (Fsp3) is 0.160. The highest BCUT2D eigenvalue weighted by atomic mass is 16.5. The number of nitrogens with two attached hydrogens (primary N) is 1. The van der Waals surface area contributed by atoms with Crippen molar-refractivity contribution in [2.45, 2.75) is 13.8 Å². The van der Waals surface area contributed by atoms with Crippen LogP contribution in [0, 0.1) is 13.8 Å². The van der Waals surface area contributed by atoms with Gasteiger partial charge in [-0.3, -0.25) is 0 Å². The Kier molecular flexibility index (Phi) is 5.74. The van der Waals surface area contributed by atoms with Crippen molar-refractivity contribution in [2.24, 2.45) is 0 Å². The lowest BCUT2D eigenvalue weighted by molar-refractivity contribution is 0.0599. The molecule has 4 aromatic rings. The quantitative estimate of drug-likeness (QED) is 0.465. The van der Waals surface area contributed by atoms with Crippen molar-refractivity contribution in [2.75, 3.05) is 20.0 Å². The number of hydrogen-bond acceptors (Lipinski definition) is 6. The summed E-state index contributed by atoms with van der Waals surface area (Å²) in [6, 6.07) is 18.3. The van der Waals surface area contributed by atoms with E-state index in [0.29, 0.717) is 17.2 Å². The second-order valence-corrected chi connectivity index (χ2v) is 7.57. The van der Waals surface area contributed by atoms with Crippen molar-refractivity contribution in [1.29, 1.82) is 0 Å². The average Bonchev–Trinajstić information content (AvgIpc) is 3.36. The summed E-state index contributed by atoms with van der Waals surface area (Å²) in [6.07, 6.45) is 0. The van der Waals surface area contributed by atoms with Gasteiger partial charge in [-0.2, -0.15) is 5.10 Å². The third-order valence-electron chi connectivity index (χ3n) is 5.46. The number of rotatable bonds is 5. The van der Waals surface area contributed by atoms with Crippen molar-refractivity contribution in [1.82, 2.24) is 14.3 Å². The molecule has 0 amide bonds. The van der Waals surface area contributed by atoms with Crippen LogP contribution in [-0.2, 0) is 9.47 Å². The largest absolute Gasteiger partial charge is 0.465 e. The molecule has 0 unspecified atom stereocenters. The molecule has 2 aromatic carbocycles. The lowest BCUT2D eigenvalue weighted by atomic mass is 10.1. The number of aromatic nitrogens is 3. The molecule has 2 N–H and O–H groups in total. The number of methoxy groups -OCH3 is 2. The maximum absolute atomic E-state index is 12.2. The van der Waals surface area contributed by atoms with Gasteiger partial charge in [0.1, 0.15) is 5.82 Å². The molecule has 8 heteroatoms. The molecule has 0 saturated carbocycles. The first kappa shape index (κ1) is 21.9. The van der Waals surface area contributed by atoms with Gasteiger partial charge in [0.05, 0.1) is 36.7 Å². The Labute approximate surface area is 191 Å². The second-order valence-electron chi connectivity index (χ2n) is 7.57. The Hall–Kier alpha value is -4.33. The molecule has 0 saturated heterocycles. The predicted octanol–water partition coefficient (Wildman–Crippen LogP) is 4.10. The number of anilines is 1. The molecule has 0 aliphatic rings. The molecule has 168 valence electrons. The Morgan fingerprint density at radius 3 is 2.03 bits per heavy atom. The summed E-state index contributed by atoms with van der Waals surface area (Å²) in [5.41, 5.74) is 11.6. The molecule has 0 aliphatic carbocycles. The maximum Gasteiger partial charge on any atom is 0.337 e. The van der Waals surface area contributed by atoms with Gasteiger partial charge >= 0.3 is 11.9 Å². The van der Waals surface area contributed by atoms with Crippen LogP contribution in [0.3, 0.4) is 0 Å². The molecule has 0 fully saturated rings. The van der Waals surface area contributed by atoms with E-state index in [0.717, 1.165) is 22.6 Å². The van der Waals surface area contributed by atoms with Crippen molar-refractivity contribution in [3.05, 3.63) is 83.2 Å². The van der Waals surface area contributed by atoms with Crippen LogP contribution < -0.4 is 5.73 Å². The summed E-state index contributed by atoms with van der Waals surface area (Å²) in [7, 11) is 2.59. The molecule has 0 bridgehead atoms. The molecular weight excluding hydrogens is 420 g/mol. The lowest BCUT2D eigenvalue weighted by Gasteiger charge is -2.13. The van der Waals surface area contributed by atoms with Gasteiger partial charge in [0.2, 0.25) is 0 Å². The highest BCUT2D eigenvalue weighted by Crippen LogP contribution is 2.31. The predicted molar refractivity (Wildman–Crippen MR) is 125 cm³/mol. The van der Waals surface area contributed by atoms with Crippen LogP contribution in [0.2, 0.25) is 0 Å². The number of hydrogen-bond donors (Lipinski definition) is 1. The van der Waals surface area contributed by atoms with E-state index in [4.69, 9.17) is 20.3 Å². The van der Waals surface area contributed by atoms with E-state index in [1.165, 1.54) is 20.3 Å². The third kappa shape index (κ3) is 3.98. The zero-order valence-electron chi connectivity index (χ0n) is 18.8. The Morgan fingerprint density at radius 2 is 1.45 bits per heavy atom. The molecule has 0 spiro atoms. The third-order valence-corrected chi connectivity index (χ3v) is 5.46. The van der Waals surface area contributed by atoms with E-state index in [9.17, 15) is 9.59 Å². The Morgan fingerprint density at radius 1 is 0.848 bits per heavy atom. The fourth-order valence-electron chi connectivity index (χ4n) is 3.93. The fourth-order valence-corrected chi connectivity index (χ4v) is 3.93. The van der Waals surface area contributed by atoms with Crippen LogP contribution >= 0.6 is 0 Å². The summed E-state index contributed by atoms with van der Waals surface area (Å²) < 4.78 is 13.4. The minimum Gasteiger partial charge on any atom is -0.465 e. The molecule has 4 rings (SSSR count). The van der Waals surface area contributed by atoms with Crippen LogP contribution in [0.4, 0.5) is 5.82 Å². The van der Waals surface area contributed by atoms with Gasteiger partial charge in [0, 0.05) is 28.7 Å². The number of para-hydroxylation sites is 1. The van der Waals surface area contributed by atoms with E-state index in [-0.39, 0.29) is 11.1 Å². The van der Waals surface area contributed by atoms with E-state index in [1.807, 2.05) is 60.9 Å². The smallest absolute Gasteiger partial charge is 0.337 e. The number of nitrogens with zero attached hydrogens (tertiary/aromatic N) is 3. The summed E-state index contributed by atoms with van der Waals surface area (Å²) in [5, 5.41) is 4.71. The number of nitrogen functional groups attached to an aromatic ring is 1. The molecule has 8 nitrogen and oxygen atoms in total. The van der Waals surface area contributed by atoms with Gasteiger partial charge in [-0.1, -0.05) is 18.2 Å². The minimum atomic E-state index is -0.543. The van der Waals surface area contributed by atoms with Crippen molar-refractivity contribution in [3.63, 3.8) is 0 Å². The minimum absolute atomic E-state index is 0.252. The molecule has 0 aliphatic heterocycles. The number of ether oxygens (including phenoxy) is 2. The summed E-state index contributed by atoms with van der Waals surface area (Å²) in [5.74, 6) is -0.570. The van der Waals surface area contributed by atoms with Gasteiger partial charge in [-0.05, 0) is 50.2 Å². The maximum atomic E-state index is 12.2. The zero-order valence-corrected chi connectivity index (χ0v) is 18.8. The molecule has 2 heterocycles. The zero-order chi connectivity index (χ0) is 23.7. The van der Waals surface area contributed by atoms with E-state index >= 15 is 0 Å². The number of benzene rings is 2. The molecule has 0 radical (unpaired) electrons. The van der Waals surface area contributed by atoms with Gasteiger partial charge < -0.3 is 19.8 Å². The summed E-state index contributed by atoms with van der Waals surface area (Å²) in [4.78, 5) is 24.4. The van der Waals surface area contributed by atoms with Crippen molar-refractivity contribution < 1.29 is 19.1 Å². The summed E-state index contributed by atoms with van der Waals surface area (Å²) >= 11 is 0. The number of esters is 2. The topological polar surface area (TPSA) is 101 Å². The number of aryl methyl sites for hydroxylation is 1. The van der Waals surface area contributed by atoms with Gasteiger partial charge in [-0.25, -0.2) is 14.3 Å². The van der Waals surface area contributed by atoms with E-state index in [2.05, 4.69) is 0 Å². The molecular formula is C25H24N4O4. The molecule has 33 heavy (non-hydrogen) atoms. The van der Waals surface area contributed by atoms with Crippen LogP contribution in [0.5, 0.6) is 0 Å². The molecule has 2 aromatic heterocycles. The highest BCUT2D eigenvalue weighted by Gasteiger charge is 2.20. The first-order valence-electron chi connectivity index (χ1n) is 10.3.